The summed E-state index contributed by atoms with van der Waals surface area (Å²) in [5.74, 6) is 1.80. The van der Waals surface area contributed by atoms with Gasteiger partial charge in [0, 0.05) is 51.0 Å². The summed E-state index contributed by atoms with van der Waals surface area (Å²) in [6.45, 7) is 12.6. The third kappa shape index (κ3) is 5.19. The second-order valence-corrected chi connectivity index (χ2v) is 8.42. The molecule has 1 aromatic carbocycles. The lowest BCUT2D eigenvalue weighted by Crippen LogP contribution is -2.48. The van der Waals surface area contributed by atoms with Crippen LogP contribution in [0.1, 0.15) is 50.1 Å². The number of rotatable bonds is 5. The van der Waals surface area contributed by atoms with E-state index >= 15 is 0 Å². The molecular formula is C22H31N3O2. The van der Waals surface area contributed by atoms with Crippen LogP contribution < -0.4 is 0 Å². The molecule has 1 aliphatic rings. The quantitative estimate of drug-likeness (QED) is 0.809. The zero-order chi connectivity index (χ0) is 19.4. The molecule has 0 atom stereocenters. The summed E-state index contributed by atoms with van der Waals surface area (Å²) in [5, 5.41) is 0. The number of carbonyl (C=O) groups is 1. The summed E-state index contributed by atoms with van der Waals surface area (Å²) in [4.78, 5) is 21.5. The summed E-state index contributed by atoms with van der Waals surface area (Å²) in [5.41, 5.74) is 2.12. The number of piperazine rings is 1. The summed E-state index contributed by atoms with van der Waals surface area (Å²) in [7, 11) is 0. The van der Waals surface area contributed by atoms with Crippen LogP contribution in [-0.4, -0.2) is 46.9 Å². The van der Waals surface area contributed by atoms with Gasteiger partial charge in [-0.25, -0.2) is 4.98 Å². The Morgan fingerprint density at radius 1 is 1.11 bits per heavy atom. The van der Waals surface area contributed by atoms with Gasteiger partial charge in [-0.05, 0) is 12.5 Å². The first-order valence-electron chi connectivity index (χ1n) is 9.84. The molecule has 5 heteroatoms. The monoisotopic (exact) mass is 369 g/mol. The molecule has 5 nitrogen and oxygen atoms in total. The molecule has 2 aromatic rings. The highest BCUT2D eigenvalue weighted by Gasteiger charge is 2.24. The number of carbonyl (C=O) groups excluding carboxylic acids is 1. The molecule has 1 amide bonds. The van der Waals surface area contributed by atoms with Gasteiger partial charge in [0.15, 0.2) is 5.89 Å². The van der Waals surface area contributed by atoms with Crippen LogP contribution in [0.3, 0.4) is 0 Å². The van der Waals surface area contributed by atoms with Crippen molar-refractivity contribution in [3.8, 4) is 0 Å². The highest BCUT2D eigenvalue weighted by molar-refractivity contribution is 5.76. The lowest BCUT2D eigenvalue weighted by Gasteiger charge is -2.34. The van der Waals surface area contributed by atoms with Gasteiger partial charge in [0.05, 0.1) is 5.69 Å². The van der Waals surface area contributed by atoms with Crippen molar-refractivity contribution in [2.24, 2.45) is 0 Å². The van der Waals surface area contributed by atoms with Crippen LogP contribution in [0, 0.1) is 6.92 Å². The fraction of sp³-hybridized carbons (Fsp3) is 0.545. The van der Waals surface area contributed by atoms with Gasteiger partial charge in [-0.3, -0.25) is 9.69 Å². The molecule has 0 radical (unpaired) electrons. The number of nitrogens with zero attached hydrogens (tertiary/aromatic N) is 3. The van der Waals surface area contributed by atoms with Crippen molar-refractivity contribution in [1.82, 2.24) is 14.8 Å². The third-order valence-electron chi connectivity index (χ3n) is 5.07. The minimum absolute atomic E-state index is 0.109. The zero-order valence-electron chi connectivity index (χ0n) is 17.0. The van der Waals surface area contributed by atoms with Gasteiger partial charge in [-0.15, -0.1) is 0 Å². The summed E-state index contributed by atoms with van der Waals surface area (Å²) < 4.78 is 5.91. The van der Waals surface area contributed by atoms with E-state index in [2.05, 4.69) is 54.9 Å². The molecule has 0 N–H and O–H groups in total. The molecule has 3 rings (SSSR count). The van der Waals surface area contributed by atoms with Crippen LogP contribution in [0.4, 0.5) is 0 Å². The smallest absolute Gasteiger partial charge is 0.223 e. The van der Waals surface area contributed by atoms with E-state index in [1.54, 1.807) is 0 Å². The largest absolute Gasteiger partial charge is 0.445 e. The lowest BCUT2D eigenvalue weighted by molar-refractivity contribution is -0.133. The van der Waals surface area contributed by atoms with Crippen LogP contribution in [-0.2, 0) is 23.2 Å². The van der Waals surface area contributed by atoms with Gasteiger partial charge in [0.25, 0.3) is 0 Å². The maximum atomic E-state index is 12.6. The standard InChI is InChI=1S/C22H31N3O2/c1-17-19(27-21(23-17)22(2,3)4)10-11-20(26)25-14-12-24(13-15-25)16-18-8-6-5-7-9-18/h5-9H,10-16H2,1-4H3. The highest BCUT2D eigenvalue weighted by Crippen LogP contribution is 2.24. The molecule has 0 spiro atoms. The van der Waals surface area contributed by atoms with Crippen molar-refractivity contribution in [3.05, 3.63) is 53.2 Å². The number of hydrogen-bond donors (Lipinski definition) is 0. The molecule has 0 unspecified atom stereocenters. The first-order valence-corrected chi connectivity index (χ1v) is 9.84. The van der Waals surface area contributed by atoms with E-state index in [4.69, 9.17) is 4.42 Å². The van der Waals surface area contributed by atoms with Crippen LogP contribution in [0.15, 0.2) is 34.7 Å². The summed E-state index contributed by atoms with van der Waals surface area (Å²) in [6, 6.07) is 10.5. The van der Waals surface area contributed by atoms with Crippen molar-refractivity contribution in [2.75, 3.05) is 26.2 Å². The van der Waals surface area contributed by atoms with Gasteiger partial charge in [0.1, 0.15) is 5.76 Å². The first-order chi connectivity index (χ1) is 12.8. The lowest BCUT2D eigenvalue weighted by atomic mass is 9.97. The van der Waals surface area contributed by atoms with Gasteiger partial charge in [-0.2, -0.15) is 0 Å². The van der Waals surface area contributed by atoms with E-state index in [9.17, 15) is 4.79 Å². The molecule has 1 aliphatic heterocycles. The Hall–Kier alpha value is -2.14. The summed E-state index contributed by atoms with van der Waals surface area (Å²) >= 11 is 0. The topological polar surface area (TPSA) is 49.6 Å². The Kier molecular flexibility index (Phi) is 6.00. The van der Waals surface area contributed by atoms with E-state index in [0.29, 0.717) is 12.8 Å². The maximum Gasteiger partial charge on any atom is 0.223 e. The Balaban J connectivity index is 1.47. The molecule has 1 fully saturated rings. The van der Waals surface area contributed by atoms with E-state index in [1.807, 2.05) is 17.9 Å². The predicted molar refractivity (Wildman–Crippen MR) is 107 cm³/mol. The molecular weight excluding hydrogens is 338 g/mol. The van der Waals surface area contributed by atoms with E-state index in [0.717, 1.165) is 50.1 Å². The fourth-order valence-electron chi connectivity index (χ4n) is 3.36. The van der Waals surface area contributed by atoms with Crippen molar-refractivity contribution in [3.63, 3.8) is 0 Å². The molecule has 27 heavy (non-hydrogen) atoms. The van der Waals surface area contributed by atoms with Crippen molar-refractivity contribution in [1.29, 1.82) is 0 Å². The average Bonchev–Trinajstić information content (AvgIpc) is 3.02. The predicted octanol–water partition coefficient (Wildman–Crippen LogP) is 3.56. The van der Waals surface area contributed by atoms with Gasteiger partial charge >= 0.3 is 0 Å². The number of hydrogen-bond acceptors (Lipinski definition) is 4. The van der Waals surface area contributed by atoms with Gasteiger partial charge in [0.2, 0.25) is 5.91 Å². The SMILES string of the molecule is Cc1nc(C(C)(C)C)oc1CCC(=O)N1CCN(Cc2ccccc2)CC1. The molecule has 0 aliphatic carbocycles. The Labute approximate surface area is 162 Å². The van der Waals surface area contributed by atoms with Crippen molar-refractivity contribution in [2.45, 2.75) is 52.5 Å². The molecule has 0 bridgehead atoms. The minimum atomic E-state index is -0.109. The Morgan fingerprint density at radius 2 is 1.78 bits per heavy atom. The van der Waals surface area contributed by atoms with Crippen LogP contribution in [0.25, 0.3) is 0 Å². The Bertz CT molecular complexity index is 754. The molecule has 1 saturated heterocycles. The normalized spacial score (nSPS) is 15.9. The van der Waals surface area contributed by atoms with E-state index < -0.39 is 0 Å². The van der Waals surface area contributed by atoms with Crippen molar-refractivity contribution >= 4 is 5.91 Å². The van der Waals surface area contributed by atoms with Gasteiger partial charge in [-0.1, -0.05) is 51.1 Å². The number of amides is 1. The average molecular weight is 370 g/mol. The van der Waals surface area contributed by atoms with Gasteiger partial charge < -0.3 is 9.32 Å². The fourth-order valence-corrected chi connectivity index (χ4v) is 3.36. The van der Waals surface area contributed by atoms with E-state index in [-0.39, 0.29) is 11.3 Å². The van der Waals surface area contributed by atoms with Crippen LogP contribution >= 0.6 is 0 Å². The van der Waals surface area contributed by atoms with Crippen molar-refractivity contribution < 1.29 is 9.21 Å². The number of aryl methyl sites for hydroxylation is 2. The molecule has 146 valence electrons. The second kappa shape index (κ2) is 8.26. The number of aromatic nitrogens is 1. The minimum Gasteiger partial charge on any atom is -0.445 e. The number of oxazole rings is 1. The molecule has 0 saturated carbocycles. The van der Waals surface area contributed by atoms with E-state index in [1.165, 1.54) is 5.56 Å². The highest BCUT2D eigenvalue weighted by atomic mass is 16.4. The number of benzene rings is 1. The van der Waals surface area contributed by atoms with Crippen LogP contribution in [0.2, 0.25) is 0 Å². The maximum absolute atomic E-state index is 12.6. The Morgan fingerprint density at radius 3 is 2.37 bits per heavy atom. The first kappa shape index (κ1) is 19.6. The second-order valence-electron chi connectivity index (χ2n) is 8.42. The zero-order valence-corrected chi connectivity index (χ0v) is 17.0. The summed E-state index contributed by atoms with van der Waals surface area (Å²) in [6.07, 6.45) is 1.11. The third-order valence-corrected chi connectivity index (χ3v) is 5.07. The molecule has 1 aromatic heterocycles. The molecule has 2 heterocycles. The van der Waals surface area contributed by atoms with Crippen LogP contribution in [0.5, 0.6) is 0 Å².